The molecular weight excluding hydrogens is 360 g/mol. The number of carbonyl (C=O) groups excluding carboxylic acids is 1. The van der Waals surface area contributed by atoms with Gasteiger partial charge in [-0.1, -0.05) is 36.4 Å². The average molecular weight is 389 g/mol. The Kier molecular flexibility index (Phi) is 7.28. The van der Waals surface area contributed by atoms with Gasteiger partial charge in [-0.3, -0.25) is 4.79 Å². The summed E-state index contributed by atoms with van der Waals surface area (Å²) in [6.45, 7) is 5.02. The number of benzene rings is 3. The number of hydrogen-bond acceptors (Lipinski definition) is 3. The van der Waals surface area contributed by atoms with Gasteiger partial charge in [-0.2, -0.15) is 0 Å². The third-order valence-electron chi connectivity index (χ3n) is 4.82. The zero-order valence-electron chi connectivity index (χ0n) is 17.1. The van der Waals surface area contributed by atoms with Gasteiger partial charge in [-0.05, 0) is 79.8 Å². The number of aryl methyl sites for hydroxylation is 3. The normalized spacial score (nSPS) is 10.4. The third-order valence-corrected chi connectivity index (χ3v) is 4.82. The van der Waals surface area contributed by atoms with Gasteiger partial charge in [0, 0.05) is 11.4 Å². The molecule has 3 aromatic carbocycles. The van der Waals surface area contributed by atoms with Crippen LogP contribution in [0, 0.1) is 13.8 Å². The van der Waals surface area contributed by atoms with Crippen molar-refractivity contribution in [3.63, 3.8) is 0 Å². The molecule has 150 valence electrons. The Hall–Kier alpha value is -3.27. The molecule has 0 atom stereocenters. The summed E-state index contributed by atoms with van der Waals surface area (Å²) in [4.78, 5) is 12.2. The largest absolute Gasteiger partial charge is 0.494 e. The molecule has 0 aliphatic heterocycles. The van der Waals surface area contributed by atoms with E-state index < -0.39 is 0 Å². The van der Waals surface area contributed by atoms with Crippen LogP contribution in [0.3, 0.4) is 0 Å². The van der Waals surface area contributed by atoms with Crippen LogP contribution in [0.2, 0.25) is 0 Å². The van der Waals surface area contributed by atoms with E-state index in [1.807, 2.05) is 48.5 Å². The highest BCUT2D eigenvalue weighted by molar-refractivity contribution is 5.93. The van der Waals surface area contributed by atoms with Crippen LogP contribution < -0.4 is 15.4 Å². The number of amides is 1. The van der Waals surface area contributed by atoms with Gasteiger partial charge in [0.15, 0.2) is 0 Å². The van der Waals surface area contributed by atoms with Gasteiger partial charge >= 0.3 is 0 Å². The second kappa shape index (κ2) is 10.3. The Balaban J connectivity index is 1.39. The van der Waals surface area contributed by atoms with Crippen LogP contribution in [0.5, 0.6) is 5.75 Å². The maximum Gasteiger partial charge on any atom is 0.243 e. The first-order valence-electron chi connectivity index (χ1n) is 9.98. The van der Waals surface area contributed by atoms with Crippen LogP contribution in [0.1, 0.15) is 23.1 Å². The summed E-state index contributed by atoms with van der Waals surface area (Å²) in [5.41, 5.74) is 5.47. The molecule has 0 heterocycles. The summed E-state index contributed by atoms with van der Waals surface area (Å²) in [5, 5.41) is 6.05. The van der Waals surface area contributed by atoms with E-state index in [9.17, 15) is 4.79 Å². The lowest BCUT2D eigenvalue weighted by atomic mass is 10.1. The average Bonchev–Trinajstić information content (AvgIpc) is 2.74. The molecule has 29 heavy (non-hydrogen) atoms. The molecule has 3 aromatic rings. The number of hydrogen-bond donors (Lipinski definition) is 2. The van der Waals surface area contributed by atoms with E-state index in [0.717, 1.165) is 30.0 Å². The first kappa shape index (κ1) is 20.5. The van der Waals surface area contributed by atoms with Crippen molar-refractivity contribution in [2.75, 3.05) is 23.8 Å². The molecule has 0 saturated carbocycles. The topological polar surface area (TPSA) is 50.4 Å². The SMILES string of the molecule is Cc1ccc(NCC(=O)Nc2ccc(OCCCc3ccccc3)cc2)cc1C. The van der Waals surface area contributed by atoms with Gasteiger partial charge < -0.3 is 15.4 Å². The van der Waals surface area contributed by atoms with E-state index in [2.05, 4.69) is 48.7 Å². The summed E-state index contributed by atoms with van der Waals surface area (Å²) < 4.78 is 5.79. The summed E-state index contributed by atoms with van der Waals surface area (Å²) >= 11 is 0. The maximum absolute atomic E-state index is 12.2. The van der Waals surface area contributed by atoms with Crippen LogP contribution in [-0.4, -0.2) is 19.1 Å². The smallest absolute Gasteiger partial charge is 0.243 e. The Morgan fingerprint density at radius 2 is 1.59 bits per heavy atom. The summed E-state index contributed by atoms with van der Waals surface area (Å²) in [6.07, 6.45) is 1.97. The van der Waals surface area contributed by atoms with E-state index in [-0.39, 0.29) is 12.5 Å². The van der Waals surface area contributed by atoms with Crippen molar-refractivity contribution >= 4 is 17.3 Å². The highest BCUT2D eigenvalue weighted by Gasteiger charge is 2.04. The zero-order valence-corrected chi connectivity index (χ0v) is 17.1. The second-order valence-electron chi connectivity index (χ2n) is 7.16. The molecular formula is C25H28N2O2. The Morgan fingerprint density at radius 3 is 2.31 bits per heavy atom. The minimum Gasteiger partial charge on any atom is -0.494 e. The molecule has 0 bridgehead atoms. The van der Waals surface area contributed by atoms with Crippen LogP contribution in [-0.2, 0) is 11.2 Å². The Bertz CT molecular complexity index is 921. The molecule has 0 spiro atoms. The first-order valence-corrected chi connectivity index (χ1v) is 9.98. The van der Waals surface area contributed by atoms with E-state index in [1.165, 1.54) is 16.7 Å². The van der Waals surface area contributed by atoms with Crippen molar-refractivity contribution in [2.45, 2.75) is 26.7 Å². The van der Waals surface area contributed by atoms with Gasteiger partial charge in [0.1, 0.15) is 5.75 Å². The molecule has 0 unspecified atom stereocenters. The summed E-state index contributed by atoms with van der Waals surface area (Å²) in [7, 11) is 0. The van der Waals surface area contributed by atoms with Crippen LogP contribution in [0.4, 0.5) is 11.4 Å². The van der Waals surface area contributed by atoms with Gasteiger partial charge in [0.05, 0.1) is 13.2 Å². The Labute approximate surface area is 172 Å². The minimum atomic E-state index is -0.0836. The van der Waals surface area contributed by atoms with Crippen LogP contribution in [0.15, 0.2) is 72.8 Å². The minimum absolute atomic E-state index is 0.0836. The number of anilines is 2. The van der Waals surface area contributed by atoms with E-state index in [4.69, 9.17) is 4.74 Å². The van der Waals surface area contributed by atoms with Crippen molar-refractivity contribution in [3.8, 4) is 5.75 Å². The zero-order chi connectivity index (χ0) is 20.5. The number of carbonyl (C=O) groups is 1. The van der Waals surface area contributed by atoms with Crippen molar-refractivity contribution in [2.24, 2.45) is 0 Å². The van der Waals surface area contributed by atoms with Gasteiger partial charge in [0.2, 0.25) is 5.91 Å². The molecule has 4 heteroatoms. The fourth-order valence-corrected chi connectivity index (χ4v) is 2.98. The molecule has 0 aromatic heterocycles. The molecule has 3 rings (SSSR count). The fourth-order valence-electron chi connectivity index (χ4n) is 2.98. The number of rotatable bonds is 9. The lowest BCUT2D eigenvalue weighted by molar-refractivity contribution is -0.114. The standard InChI is InChI=1S/C25H28N2O2/c1-19-10-11-23(17-20(19)2)26-18-25(28)27-22-12-14-24(15-13-22)29-16-6-9-21-7-4-3-5-8-21/h3-5,7-8,10-15,17,26H,6,9,16,18H2,1-2H3,(H,27,28). The molecule has 0 fully saturated rings. The van der Waals surface area contributed by atoms with Gasteiger partial charge in [-0.15, -0.1) is 0 Å². The van der Waals surface area contributed by atoms with E-state index in [1.54, 1.807) is 0 Å². The van der Waals surface area contributed by atoms with Crippen molar-refractivity contribution in [1.82, 2.24) is 0 Å². The lowest BCUT2D eigenvalue weighted by Gasteiger charge is -2.10. The van der Waals surface area contributed by atoms with Crippen molar-refractivity contribution in [1.29, 1.82) is 0 Å². The number of ether oxygens (including phenoxy) is 1. The van der Waals surface area contributed by atoms with E-state index >= 15 is 0 Å². The molecule has 4 nitrogen and oxygen atoms in total. The van der Waals surface area contributed by atoms with Gasteiger partial charge in [-0.25, -0.2) is 0 Å². The molecule has 0 aliphatic carbocycles. The van der Waals surface area contributed by atoms with Crippen molar-refractivity contribution in [3.05, 3.63) is 89.5 Å². The molecule has 0 saturated heterocycles. The number of nitrogens with one attached hydrogen (secondary N) is 2. The predicted molar refractivity (Wildman–Crippen MR) is 120 cm³/mol. The predicted octanol–water partition coefficient (Wildman–Crippen LogP) is 5.37. The quantitative estimate of drug-likeness (QED) is 0.485. The van der Waals surface area contributed by atoms with Gasteiger partial charge in [0.25, 0.3) is 0 Å². The highest BCUT2D eigenvalue weighted by atomic mass is 16.5. The highest BCUT2D eigenvalue weighted by Crippen LogP contribution is 2.17. The maximum atomic E-state index is 12.2. The van der Waals surface area contributed by atoms with Crippen LogP contribution in [0.25, 0.3) is 0 Å². The monoisotopic (exact) mass is 388 g/mol. The van der Waals surface area contributed by atoms with E-state index in [0.29, 0.717) is 6.61 Å². The molecule has 0 radical (unpaired) electrons. The molecule has 1 amide bonds. The van der Waals surface area contributed by atoms with Crippen molar-refractivity contribution < 1.29 is 9.53 Å². The molecule has 2 N–H and O–H groups in total. The fraction of sp³-hybridized carbons (Fsp3) is 0.240. The summed E-state index contributed by atoms with van der Waals surface area (Å²) in [5.74, 6) is 0.726. The Morgan fingerprint density at radius 1 is 0.862 bits per heavy atom. The second-order valence-corrected chi connectivity index (χ2v) is 7.16. The molecule has 0 aliphatic rings. The third kappa shape index (κ3) is 6.68. The lowest BCUT2D eigenvalue weighted by Crippen LogP contribution is -2.21. The first-order chi connectivity index (χ1) is 14.1. The van der Waals surface area contributed by atoms with Crippen LogP contribution >= 0.6 is 0 Å². The summed E-state index contributed by atoms with van der Waals surface area (Å²) in [6, 6.07) is 24.0.